The molecule has 0 atom stereocenters. The first-order valence-electron chi connectivity index (χ1n) is 44.1. The number of benzene rings is 20. The molecule has 0 N–H and O–H groups in total. The fourth-order valence-corrected chi connectivity index (χ4v) is 20.4. The molecule has 0 aliphatic heterocycles. The molecular weight excluding hydrogens is 1620 g/mol. The molecule has 28 rings (SSSR count). The van der Waals surface area contributed by atoms with Crippen molar-refractivity contribution in [3.8, 4) is 96.5 Å². The predicted octanol–water partition coefficient (Wildman–Crippen LogP) is 31.4. The van der Waals surface area contributed by atoms with Gasteiger partial charge in [0.1, 0.15) is 22.3 Å². The minimum Gasteiger partial charge on any atom is -0.456 e. The Morgan fingerprint density at radius 2 is 0.634 bits per heavy atom. The summed E-state index contributed by atoms with van der Waals surface area (Å²) in [7, 11) is 0. The van der Waals surface area contributed by atoms with Gasteiger partial charge in [0.05, 0.1) is 49.4 Å². The van der Waals surface area contributed by atoms with Gasteiger partial charge in [-0.15, -0.1) is 0 Å². The molecule has 131 heavy (non-hydrogen) atoms. The number of para-hydroxylation sites is 6. The first-order valence-corrected chi connectivity index (χ1v) is 44.5. The lowest BCUT2D eigenvalue weighted by molar-refractivity contribution is 0.668. The van der Waals surface area contributed by atoms with Gasteiger partial charge in [-0.2, -0.15) is 0 Å². The minimum atomic E-state index is 0.493. The lowest BCUT2D eigenvalue weighted by atomic mass is 9.98. The molecule has 0 saturated heterocycles. The Balaban J connectivity index is 0.000000117. The Kier molecular flexibility index (Phi) is 17.5. The standard InChI is InChI=1S/C59H35N5O.C39H23ClN4O.C21H14/c1-3-16-37(17-4-1)57-60-58(40-28-30-49-46(34-40)43-23-11-13-25-48(43)63(49)41-20-5-2-6-21-41)62-59(61-57)55-50(31-32-53-54(55)45-24-12-14-26-52(45)65-53)64-51-35-39-19-8-7-18-38(39)33-47(51)44-29-27-36-15-9-10-22-42(36)56(44)64;40-30-20-22-34-35(28-16-8-10-18-33(28)45-34)36(30)39-42-37(24-11-3-1-4-12-24)41-38(43-39)25-19-21-32-29(23-25)27-15-7-9-17-31(27)44(32)26-13-5-2-6-14-26;1-2-7-16-12-20-17(11-15(16)6-1)13-21-18-8-4-3-5-14(18)9-10-19(20)21/h1-35H;1-23H;1-12H,13H2. The molecule has 1 aliphatic rings. The van der Waals surface area contributed by atoms with E-state index in [1.165, 1.54) is 70.7 Å². The quantitative estimate of drug-likeness (QED) is 0.140. The molecule has 20 aromatic carbocycles. The summed E-state index contributed by atoms with van der Waals surface area (Å²) in [5.41, 5.74) is 23.9. The topological polar surface area (TPSA) is 118 Å². The fourth-order valence-electron chi connectivity index (χ4n) is 20.2. The number of hydrogen-bond acceptors (Lipinski definition) is 8. The molecule has 7 aromatic heterocycles. The second kappa shape index (κ2) is 30.5. The van der Waals surface area contributed by atoms with Gasteiger partial charge in [-0.3, -0.25) is 0 Å². The number of halogens is 1. The fraction of sp³-hybridized carbons (Fsp3) is 0.00840. The van der Waals surface area contributed by atoms with Gasteiger partial charge < -0.3 is 22.5 Å². The molecule has 12 heteroatoms. The van der Waals surface area contributed by atoms with Crippen LogP contribution < -0.4 is 0 Å². The van der Waals surface area contributed by atoms with Gasteiger partial charge in [0, 0.05) is 98.4 Å². The van der Waals surface area contributed by atoms with Crippen LogP contribution in [0, 0.1) is 0 Å². The molecule has 1 aliphatic carbocycles. The third-order valence-corrected chi connectivity index (χ3v) is 26.4. The largest absolute Gasteiger partial charge is 0.456 e. The van der Waals surface area contributed by atoms with Crippen LogP contribution in [0.4, 0.5) is 0 Å². The first kappa shape index (κ1) is 75.1. The summed E-state index contributed by atoms with van der Waals surface area (Å²) < 4.78 is 19.9. The summed E-state index contributed by atoms with van der Waals surface area (Å²) in [6.45, 7) is 0. The van der Waals surface area contributed by atoms with Crippen molar-refractivity contribution in [3.63, 3.8) is 0 Å². The van der Waals surface area contributed by atoms with Crippen molar-refractivity contribution in [2.24, 2.45) is 0 Å². The summed E-state index contributed by atoms with van der Waals surface area (Å²) in [4.78, 5) is 31.4. The van der Waals surface area contributed by atoms with E-state index in [1.807, 2.05) is 103 Å². The van der Waals surface area contributed by atoms with Gasteiger partial charge >= 0.3 is 0 Å². The normalized spacial score (nSPS) is 12.0. The summed E-state index contributed by atoms with van der Waals surface area (Å²) in [5.74, 6) is 3.37. The van der Waals surface area contributed by atoms with E-state index in [0.717, 1.165) is 161 Å². The number of aromatic nitrogens is 9. The van der Waals surface area contributed by atoms with Crippen LogP contribution in [-0.2, 0) is 6.42 Å². The van der Waals surface area contributed by atoms with Crippen LogP contribution in [-0.4, -0.2) is 43.6 Å². The average Bonchev–Trinajstić information content (AvgIpc) is 1.55. The Labute approximate surface area is 754 Å². The van der Waals surface area contributed by atoms with E-state index in [2.05, 4.69) is 335 Å². The lowest BCUT2D eigenvalue weighted by Gasteiger charge is -2.17. The Hall–Kier alpha value is -17.3. The van der Waals surface area contributed by atoms with Crippen molar-refractivity contribution in [2.75, 3.05) is 0 Å². The molecule has 27 aromatic rings. The van der Waals surface area contributed by atoms with Crippen molar-refractivity contribution in [2.45, 2.75) is 6.42 Å². The van der Waals surface area contributed by atoms with E-state index >= 15 is 0 Å². The van der Waals surface area contributed by atoms with Crippen molar-refractivity contribution in [3.05, 3.63) is 441 Å². The molecule has 0 unspecified atom stereocenters. The molecular formula is C119H72ClN9O2. The van der Waals surface area contributed by atoms with Gasteiger partial charge in [-0.05, 0) is 194 Å². The maximum absolute atomic E-state index is 6.95. The van der Waals surface area contributed by atoms with E-state index < -0.39 is 0 Å². The number of hydrogen-bond donors (Lipinski definition) is 0. The Morgan fingerprint density at radius 3 is 1.20 bits per heavy atom. The highest BCUT2D eigenvalue weighted by Crippen LogP contribution is 2.49. The van der Waals surface area contributed by atoms with Crippen LogP contribution in [0.25, 0.3) is 249 Å². The highest BCUT2D eigenvalue weighted by Gasteiger charge is 2.29. The van der Waals surface area contributed by atoms with E-state index in [0.29, 0.717) is 40.0 Å². The summed E-state index contributed by atoms with van der Waals surface area (Å²) in [6, 6.07) is 149. The molecule has 0 amide bonds. The summed E-state index contributed by atoms with van der Waals surface area (Å²) >= 11 is 6.95. The molecule has 0 bridgehead atoms. The van der Waals surface area contributed by atoms with Crippen LogP contribution in [0.2, 0.25) is 5.02 Å². The van der Waals surface area contributed by atoms with Gasteiger partial charge in [-0.25, -0.2) is 29.9 Å². The van der Waals surface area contributed by atoms with Crippen LogP contribution >= 0.6 is 11.6 Å². The highest BCUT2D eigenvalue weighted by atomic mass is 35.5. The molecule has 11 nitrogen and oxygen atoms in total. The molecule has 612 valence electrons. The number of furan rings is 2. The van der Waals surface area contributed by atoms with Gasteiger partial charge in [0.2, 0.25) is 0 Å². The molecule has 0 radical (unpaired) electrons. The zero-order valence-electron chi connectivity index (χ0n) is 70.3. The van der Waals surface area contributed by atoms with Gasteiger partial charge in [-0.1, -0.05) is 309 Å². The minimum absolute atomic E-state index is 0.493. The number of rotatable bonds is 9. The van der Waals surface area contributed by atoms with Crippen LogP contribution in [0.5, 0.6) is 0 Å². The SMILES string of the molecule is Clc1ccc2oc3ccccc3c2c1-c1nc(-c2ccccc2)nc(-c2ccc3c(c2)c2ccccc2n3-c2ccccc2)n1.c1ccc(-c2nc(-c3ccc4c(c3)c3ccccc3n4-c3ccccc3)nc(-c3c(-n4c5cc6ccccc6cc5c5ccc6ccccc6c54)ccc4oc5ccccc5c34)n2)cc1.c1ccc2cc3c(cc2c1)Cc1c-3ccc2ccccc12. The summed E-state index contributed by atoms with van der Waals surface area (Å²) in [5, 5.41) is 21.4. The average molecular weight is 1700 g/mol. The zero-order valence-corrected chi connectivity index (χ0v) is 71.1. The van der Waals surface area contributed by atoms with Gasteiger partial charge in [0.15, 0.2) is 34.9 Å². The van der Waals surface area contributed by atoms with Crippen LogP contribution in [0.1, 0.15) is 11.1 Å². The van der Waals surface area contributed by atoms with E-state index in [9.17, 15) is 0 Å². The maximum atomic E-state index is 6.95. The van der Waals surface area contributed by atoms with E-state index in [4.69, 9.17) is 50.3 Å². The Bertz CT molecular complexity index is 9360. The third kappa shape index (κ3) is 12.5. The number of nitrogens with zero attached hydrogens (tertiary/aromatic N) is 9. The number of fused-ring (bicyclic) bond motifs is 24. The maximum Gasteiger partial charge on any atom is 0.166 e. The van der Waals surface area contributed by atoms with Gasteiger partial charge in [0.25, 0.3) is 0 Å². The van der Waals surface area contributed by atoms with E-state index in [1.54, 1.807) is 0 Å². The first-order chi connectivity index (χ1) is 64.9. The molecule has 0 fully saturated rings. The van der Waals surface area contributed by atoms with Crippen LogP contribution in [0.15, 0.2) is 433 Å². The van der Waals surface area contributed by atoms with Crippen LogP contribution in [0.3, 0.4) is 0 Å². The van der Waals surface area contributed by atoms with E-state index in [-0.39, 0.29) is 0 Å². The van der Waals surface area contributed by atoms with Crippen molar-refractivity contribution in [1.29, 1.82) is 0 Å². The molecule has 0 spiro atoms. The molecule has 0 saturated carbocycles. The smallest absolute Gasteiger partial charge is 0.166 e. The Morgan fingerprint density at radius 1 is 0.229 bits per heavy atom. The monoisotopic (exact) mass is 1690 g/mol. The second-order valence-corrected chi connectivity index (χ2v) is 34.0. The summed E-state index contributed by atoms with van der Waals surface area (Å²) in [6.07, 6.45) is 1.05. The van der Waals surface area contributed by atoms with Crippen molar-refractivity contribution >= 4 is 164 Å². The zero-order chi connectivity index (χ0) is 86.3. The van der Waals surface area contributed by atoms with Crippen molar-refractivity contribution < 1.29 is 8.83 Å². The second-order valence-electron chi connectivity index (χ2n) is 33.6. The highest BCUT2D eigenvalue weighted by molar-refractivity contribution is 6.36. The third-order valence-electron chi connectivity index (χ3n) is 26.1. The van der Waals surface area contributed by atoms with Crippen molar-refractivity contribution in [1.82, 2.24) is 43.6 Å². The predicted molar refractivity (Wildman–Crippen MR) is 540 cm³/mol. The lowest BCUT2D eigenvalue weighted by Crippen LogP contribution is -2.04. The molecule has 7 heterocycles.